The van der Waals surface area contributed by atoms with Crippen LogP contribution < -0.4 is 15.4 Å². The third kappa shape index (κ3) is 8.03. The Hall–Kier alpha value is -1.55. The van der Waals surface area contributed by atoms with Crippen molar-refractivity contribution in [3.05, 3.63) is 29.3 Å². The largest absolute Gasteiger partial charge is 0.490 e. The fraction of sp³-hybridized carbons (Fsp3) is 0.632. The van der Waals surface area contributed by atoms with E-state index < -0.39 is 0 Å². The Morgan fingerprint density at radius 2 is 2.00 bits per heavy atom. The highest BCUT2D eigenvalue weighted by Gasteiger charge is 2.11. The van der Waals surface area contributed by atoms with Crippen LogP contribution in [0.1, 0.15) is 51.2 Å². The molecule has 0 saturated carbocycles. The summed E-state index contributed by atoms with van der Waals surface area (Å²) in [4.78, 5) is 11.9. The van der Waals surface area contributed by atoms with Crippen molar-refractivity contribution < 1.29 is 9.53 Å². The first kappa shape index (κ1) is 19.5. The lowest BCUT2D eigenvalue weighted by Crippen LogP contribution is -2.24. The average molecular weight is 320 g/mol. The number of carbonyl (C=O) groups excluding carboxylic acids is 1. The van der Waals surface area contributed by atoms with E-state index in [9.17, 15) is 4.79 Å². The van der Waals surface area contributed by atoms with Gasteiger partial charge < -0.3 is 15.4 Å². The fourth-order valence-electron chi connectivity index (χ4n) is 2.55. The van der Waals surface area contributed by atoms with Crippen LogP contribution in [0.2, 0.25) is 0 Å². The van der Waals surface area contributed by atoms with Crippen LogP contribution in [0.25, 0.3) is 0 Å². The van der Waals surface area contributed by atoms with Gasteiger partial charge in [-0.1, -0.05) is 26.0 Å². The summed E-state index contributed by atoms with van der Waals surface area (Å²) < 4.78 is 6.11. The Labute approximate surface area is 141 Å². The van der Waals surface area contributed by atoms with E-state index in [2.05, 4.69) is 50.5 Å². The second kappa shape index (κ2) is 10.3. The molecule has 1 atom stereocenters. The van der Waals surface area contributed by atoms with Gasteiger partial charge in [-0.25, -0.2) is 0 Å². The lowest BCUT2D eigenvalue weighted by atomic mass is 10.1. The summed E-state index contributed by atoms with van der Waals surface area (Å²) in [5.41, 5.74) is 2.20. The van der Waals surface area contributed by atoms with E-state index in [0.717, 1.165) is 30.7 Å². The molecule has 0 heterocycles. The van der Waals surface area contributed by atoms with Gasteiger partial charge in [0.2, 0.25) is 5.91 Å². The number of amides is 1. The van der Waals surface area contributed by atoms with Crippen molar-refractivity contribution >= 4 is 5.91 Å². The molecule has 4 heteroatoms. The van der Waals surface area contributed by atoms with Crippen LogP contribution >= 0.6 is 0 Å². The number of aryl methyl sites for hydroxylation is 1. The van der Waals surface area contributed by atoms with Gasteiger partial charge in [-0.05, 0) is 57.8 Å². The molecule has 1 aromatic rings. The van der Waals surface area contributed by atoms with Crippen molar-refractivity contribution in [1.82, 2.24) is 10.6 Å². The lowest BCUT2D eigenvalue weighted by Gasteiger charge is -2.20. The molecule has 1 amide bonds. The summed E-state index contributed by atoms with van der Waals surface area (Å²) in [5, 5.41) is 6.03. The molecule has 0 aliphatic heterocycles. The van der Waals surface area contributed by atoms with Gasteiger partial charge in [0.1, 0.15) is 5.75 Å². The normalized spacial score (nSPS) is 12.3. The molecule has 1 rings (SSSR count). The highest BCUT2D eigenvalue weighted by molar-refractivity contribution is 5.75. The Balaban J connectivity index is 2.62. The molecule has 1 aromatic carbocycles. The van der Waals surface area contributed by atoms with E-state index in [0.29, 0.717) is 18.9 Å². The topological polar surface area (TPSA) is 50.4 Å². The highest BCUT2D eigenvalue weighted by Crippen LogP contribution is 2.23. The SMILES string of the molecule is CNCCCC(=O)NCc1ccc(C)cc1OC(C)CC(C)C. The number of carbonyl (C=O) groups is 1. The Morgan fingerprint density at radius 1 is 1.26 bits per heavy atom. The highest BCUT2D eigenvalue weighted by atomic mass is 16.5. The monoisotopic (exact) mass is 320 g/mol. The van der Waals surface area contributed by atoms with Gasteiger partial charge >= 0.3 is 0 Å². The van der Waals surface area contributed by atoms with Gasteiger partial charge in [-0.15, -0.1) is 0 Å². The van der Waals surface area contributed by atoms with E-state index in [1.54, 1.807) is 0 Å². The van der Waals surface area contributed by atoms with Crippen LogP contribution in [0.3, 0.4) is 0 Å². The molecular weight excluding hydrogens is 288 g/mol. The van der Waals surface area contributed by atoms with Gasteiger partial charge in [0.25, 0.3) is 0 Å². The quantitative estimate of drug-likeness (QED) is 0.649. The molecular formula is C19H32N2O2. The maximum Gasteiger partial charge on any atom is 0.220 e. The number of hydrogen-bond donors (Lipinski definition) is 2. The number of benzene rings is 1. The van der Waals surface area contributed by atoms with Crippen molar-refractivity contribution in [3.63, 3.8) is 0 Å². The van der Waals surface area contributed by atoms with Crippen molar-refractivity contribution in [3.8, 4) is 5.75 Å². The van der Waals surface area contributed by atoms with E-state index in [1.807, 2.05) is 13.1 Å². The van der Waals surface area contributed by atoms with Crippen LogP contribution in [0.15, 0.2) is 18.2 Å². The summed E-state index contributed by atoms with van der Waals surface area (Å²) in [6.07, 6.45) is 2.59. The molecule has 23 heavy (non-hydrogen) atoms. The molecule has 0 spiro atoms. The first-order valence-corrected chi connectivity index (χ1v) is 8.59. The third-order valence-electron chi connectivity index (χ3n) is 3.66. The van der Waals surface area contributed by atoms with Crippen molar-refractivity contribution in [2.24, 2.45) is 5.92 Å². The summed E-state index contributed by atoms with van der Waals surface area (Å²) in [6, 6.07) is 6.16. The van der Waals surface area contributed by atoms with Gasteiger partial charge in [0.15, 0.2) is 0 Å². The Kier molecular flexibility index (Phi) is 8.70. The summed E-state index contributed by atoms with van der Waals surface area (Å²) in [6.45, 7) is 9.93. The minimum absolute atomic E-state index is 0.0852. The van der Waals surface area contributed by atoms with Crippen LogP contribution in [0.4, 0.5) is 0 Å². The van der Waals surface area contributed by atoms with Crippen molar-refractivity contribution in [2.45, 2.75) is 59.6 Å². The lowest BCUT2D eigenvalue weighted by molar-refractivity contribution is -0.121. The molecule has 2 N–H and O–H groups in total. The predicted octanol–water partition coefficient (Wildman–Crippen LogP) is 3.42. The molecule has 0 aromatic heterocycles. The summed E-state index contributed by atoms with van der Waals surface area (Å²) in [7, 11) is 1.89. The van der Waals surface area contributed by atoms with E-state index in [4.69, 9.17) is 4.74 Å². The molecule has 0 bridgehead atoms. The third-order valence-corrected chi connectivity index (χ3v) is 3.66. The van der Waals surface area contributed by atoms with Crippen molar-refractivity contribution in [2.75, 3.05) is 13.6 Å². The minimum Gasteiger partial charge on any atom is -0.490 e. The Morgan fingerprint density at radius 3 is 2.65 bits per heavy atom. The molecule has 4 nitrogen and oxygen atoms in total. The first-order chi connectivity index (χ1) is 10.9. The number of rotatable bonds is 10. The van der Waals surface area contributed by atoms with Gasteiger partial charge in [0, 0.05) is 18.5 Å². The first-order valence-electron chi connectivity index (χ1n) is 8.59. The number of nitrogens with one attached hydrogen (secondary N) is 2. The van der Waals surface area contributed by atoms with Crippen LogP contribution in [-0.4, -0.2) is 25.6 Å². The Bertz CT molecular complexity index is 486. The number of hydrogen-bond acceptors (Lipinski definition) is 3. The number of ether oxygens (including phenoxy) is 1. The molecule has 0 radical (unpaired) electrons. The predicted molar refractivity (Wildman–Crippen MR) is 95.7 cm³/mol. The standard InChI is InChI=1S/C19H32N2O2/c1-14(2)11-16(4)23-18-12-15(3)8-9-17(18)13-21-19(22)7-6-10-20-5/h8-9,12,14,16,20H,6-7,10-11,13H2,1-5H3,(H,21,22). The minimum atomic E-state index is 0.0852. The maximum atomic E-state index is 11.9. The van der Waals surface area contributed by atoms with Crippen molar-refractivity contribution in [1.29, 1.82) is 0 Å². The smallest absolute Gasteiger partial charge is 0.220 e. The van der Waals surface area contributed by atoms with Crippen LogP contribution in [0, 0.1) is 12.8 Å². The van der Waals surface area contributed by atoms with E-state index in [1.165, 1.54) is 5.56 Å². The van der Waals surface area contributed by atoms with Crippen LogP contribution in [0.5, 0.6) is 5.75 Å². The summed E-state index contributed by atoms with van der Waals surface area (Å²) >= 11 is 0. The average Bonchev–Trinajstić information content (AvgIpc) is 2.45. The molecule has 1 unspecified atom stereocenters. The maximum absolute atomic E-state index is 11.9. The zero-order valence-electron chi connectivity index (χ0n) is 15.2. The van der Waals surface area contributed by atoms with Gasteiger partial charge in [-0.3, -0.25) is 4.79 Å². The molecule has 0 aliphatic carbocycles. The zero-order valence-corrected chi connectivity index (χ0v) is 15.2. The molecule has 0 fully saturated rings. The van der Waals surface area contributed by atoms with Gasteiger partial charge in [-0.2, -0.15) is 0 Å². The molecule has 0 saturated heterocycles. The fourth-order valence-corrected chi connectivity index (χ4v) is 2.55. The molecule has 0 aliphatic rings. The second-order valence-corrected chi connectivity index (χ2v) is 6.65. The molecule has 130 valence electrons. The van der Waals surface area contributed by atoms with Gasteiger partial charge in [0.05, 0.1) is 6.10 Å². The van der Waals surface area contributed by atoms with E-state index >= 15 is 0 Å². The zero-order chi connectivity index (χ0) is 17.2. The summed E-state index contributed by atoms with van der Waals surface area (Å²) in [5.74, 6) is 1.57. The van der Waals surface area contributed by atoms with Crippen LogP contribution in [-0.2, 0) is 11.3 Å². The van der Waals surface area contributed by atoms with E-state index in [-0.39, 0.29) is 12.0 Å². The second-order valence-electron chi connectivity index (χ2n) is 6.65.